The molecule has 14 heavy (non-hydrogen) atoms. The van der Waals surface area contributed by atoms with Crippen LogP contribution in [0.1, 0.15) is 0 Å². The zero-order chi connectivity index (χ0) is 9.42. The third kappa shape index (κ3) is 1.90. The van der Waals surface area contributed by atoms with Crippen molar-refractivity contribution >= 4 is 12.4 Å². The molecule has 0 radical (unpaired) electrons. The minimum absolute atomic E-state index is 0. The van der Waals surface area contributed by atoms with E-state index >= 15 is 0 Å². The lowest BCUT2D eigenvalue weighted by Crippen LogP contribution is -2.37. The van der Waals surface area contributed by atoms with Crippen LogP contribution in [0.5, 0.6) is 0 Å². The number of halogens is 1. The Balaban J connectivity index is 0.000000980. The standard InChI is InChI=1S/C6H10N2O5.ClH/c7-3-1-11-6-4(13-8(9)10)2-12-5(3)6;/h3-6H,1-2,7H2;1H/t3-,4+,5+,6+;/m0./s1. The molecule has 82 valence electrons. The first-order valence-corrected chi connectivity index (χ1v) is 3.98. The predicted octanol–water partition coefficient (Wildman–Crippen LogP) is -0.890. The van der Waals surface area contributed by atoms with Crippen molar-refractivity contribution in [1.29, 1.82) is 0 Å². The van der Waals surface area contributed by atoms with Gasteiger partial charge in [-0.2, -0.15) is 0 Å². The van der Waals surface area contributed by atoms with Gasteiger partial charge in [0.1, 0.15) is 12.2 Å². The van der Waals surface area contributed by atoms with E-state index in [1.54, 1.807) is 0 Å². The van der Waals surface area contributed by atoms with E-state index < -0.39 is 11.2 Å². The molecule has 2 aliphatic rings. The van der Waals surface area contributed by atoms with Crippen LogP contribution < -0.4 is 5.73 Å². The summed E-state index contributed by atoms with van der Waals surface area (Å²) >= 11 is 0. The first-order chi connectivity index (χ1) is 6.18. The second-order valence-electron chi connectivity index (χ2n) is 3.13. The quantitative estimate of drug-likeness (QED) is 0.485. The molecular formula is C6H11ClN2O5. The van der Waals surface area contributed by atoms with Crippen LogP contribution in [0, 0.1) is 10.1 Å². The van der Waals surface area contributed by atoms with Crippen molar-refractivity contribution in [3.63, 3.8) is 0 Å². The maximum absolute atomic E-state index is 10.1. The minimum Gasteiger partial charge on any atom is -0.371 e. The maximum Gasteiger partial charge on any atom is 0.294 e. The van der Waals surface area contributed by atoms with Crippen molar-refractivity contribution in [2.45, 2.75) is 24.4 Å². The maximum atomic E-state index is 10.1. The Morgan fingerprint density at radius 3 is 2.64 bits per heavy atom. The Morgan fingerprint density at radius 2 is 2.00 bits per heavy atom. The van der Waals surface area contributed by atoms with Gasteiger partial charge in [-0.25, -0.2) is 0 Å². The highest BCUT2D eigenvalue weighted by Crippen LogP contribution is 2.27. The van der Waals surface area contributed by atoms with E-state index in [2.05, 4.69) is 4.84 Å². The number of nitrogens with zero attached hydrogens (tertiary/aromatic N) is 1. The van der Waals surface area contributed by atoms with Crippen LogP contribution in [0.15, 0.2) is 0 Å². The summed E-state index contributed by atoms with van der Waals surface area (Å²) in [5.41, 5.74) is 5.64. The van der Waals surface area contributed by atoms with Crippen LogP contribution in [0.2, 0.25) is 0 Å². The summed E-state index contributed by atoms with van der Waals surface area (Å²) in [7, 11) is 0. The fraction of sp³-hybridized carbons (Fsp3) is 1.00. The van der Waals surface area contributed by atoms with Crippen molar-refractivity contribution in [3.8, 4) is 0 Å². The van der Waals surface area contributed by atoms with Gasteiger partial charge in [0, 0.05) is 0 Å². The fourth-order valence-corrected chi connectivity index (χ4v) is 1.69. The lowest BCUT2D eigenvalue weighted by molar-refractivity contribution is -0.769. The van der Waals surface area contributed by atoms with E-state index in [-0.39, 0.29) is 37.3 Å². The highest BCUT2D eigenvalue weighted by molar-refractivity contribution is 5.85. The van der Waals surface area contributed by atoms with Crippen molar-refractivity contribution in [2.24, 2.45) is 5.73 Å². The van der Waals surface area contributed by atoms with E-state index in [0.29, 0.717) is 6.61 Å². The molecule has 0 aliphatic carbocycles. The zero-order valence-electron chi connectivity index (χ0n) is 7.20. The molecule has 0 spiro atoms. The van der Waals surface area contributed by atoms with E-state index in [0.717, 1.165) is 0 Å². The van der Waals surface area contributed by atoms with Gasteiger partial charge >= 0.3 is 0 Å². The molecule has 7 nitrogen and oxygen atoms in total. The molecule has 0 aromatic carbocycles. The topological polar surface area (TPSA) is 96.9 Å². The van der Waals surface area contributed by atoms with Crippen molar-refractivity contribution in [1.82, 2.24) is 0 Å². The number of fused-ring (bicyclic) bond motifs is 1. The SMILES string of the molecule is Cl.N[C@H]1CO[C@H]2[C@@H]1OC[C@H]2O[N+](=O)[O-]. The van der Waals surface area contributed by atoms with Gasteiger partial charge in [0.2, 0.25) is 0 Å². The molecule has 2 fully saturated rings. The van der Waals surface area contributed by atoms with E-state index in [4.69, 9.17) is 15.2 Å². The van der Waals surface area contributed by atoms with Gasteiger partial charge in [-0.15, -0.1) is 22.5 Å². The van der Waals surface area contributed by atoms with Gasteiger partial charge in [-0.3, -0.25) is 0 Å². The molecule has 8 heteroatoms. The Hall–Kier alpha value is -0.630. The second kappa shape index (κ2) is 4.26. The van der Waals surface area contributed by atoms with Gasteiger partial charge in [-0.05, 0) is 0 Å². The summed E-state index contributed by atoms with van der Waals surface area (Å²) in [5.74, 6) is 0. The molecule has 0 amide bonds. The van der Waals surface area contributed by atoms with Gasteiger partial charge in [0.15, 0.2) is 6.10 Å². The molecule has 2 heterocycles. The van der Waals surface area contributed by atoms with Crippen LogP contribution in [-0.4, -0.2) is 42.7 Å². The average molecular weight is 227 g/mol. The van der Waals surface area contributed by atoms with Crippen molar-refractivity contribution < 1.29 is 19.4 Å². The highest BCUT2D eigenvalue weighted by Gasteiger charge is 2.48. The summed E-state index contributed by atoms with van der Waals surface area (Å²) in [5, 5.41) is 9.24. The molecule has 0 bridgehead atoms. The predicted molar refractivity (Wildman–Crippen MR) is 46.6 cm³/mol. The largest absolute Gasteiger partial charge is 0.371 e. The van der Waals surface area contributed by atoms with Crippen LogP contribution in [-0.2, 0) is 14.3 Å². The van der Waals surface area contributed by atoms with Gasteiger partial charge < -0.3 is 20.0 Å². The van der Waals surface area contributed by atoms with Crippen LogP contribution in [0.3, 0.4) is 0 Å². The third-order valence-electron chi connectivity index (χ3n) is 2.27. The summed E-state index contributed by atoms with van der Waals surface area (Å²) in [4.78, 5) is 14.5. The Bertz CT molecular complexity index is 228. The van der Waals surface area contributed by atoms with Crippen LogP contribution in [0.25, 0.3) is 0 Å². The first-order valence-electron chi connectivity index (χ1n) is 3.98. The van der Waals surface area contributed by atoms with Crippen LogP contribution >= 0.6 is 12.4 Å². The third-order valence-corrected chi connectivity index (χ3v) is 2.27. The first kappa shape index (κ1) is 11.4. The lowest BCUT2D eigenvalue weighted by Gasteiger charge is -2.13. The molecule has 4 atom stereocenters. The number of nitrogens with two attached hydrogens (primary N) is 1. The second-order valence-corrected chi connectivity index (χ2v) is 3.13. The molecule has 0 saturated carbocycles. The molecule has 0 aromatic rings. The minimum atomic E-state index is -0.830. The molecule has 0 unspecified atom stereocenters. The van der Waals surface area contributed by atoms with Gasteiger partial charge in [0.05, 0.1) is 19.3 Å². The lowest BCUT2D eigenvalue weighted by atomic mass is 10.1. The molecule has 2 saturated heterocycles. The smallest absolute Gasteiger partial charge is 0.294 e. The molecule has 2 aliphatic heterocycles. The Labute approximate surface area is 86.0 Å². The van der Waals surface area contributed by atoms with Crippen molar-refractivity contribution in [2.75, 3.05) is 13.2 Å². The van der Waals surface area contributed by atoms with Crippen LogP contribution in [0.4, 0.5) is 0 Å². The normalized spacial score (nSPS) is 40.1. The highest BCUT2D eigenvalue weighted by atomic mass is 35.5. The average Bonchev–Trinajstić information content (AvgIpc) is 2.56. The summed E-state index contributed by atoms with van der Waals surface area (Å²) < 4.78 is 10.4. The summed E-state index contributed by atoms with van der Waals surface area (Å²) in [6, 6.07) is -0.203. The van der Waals surface area contributed by atoms with Gasteiger partial charge in [-0.1, -0.05) is 0 Å². The number of rotatable bonds is 2. The number of hydrogen-bond acceptors (Lipinski definition) is 6. The van der Waals surface area contributed by atoms with E-state index in [1.807, 2.05) is 0 Å². The number of hydrogen-bond donors (Lipinski definition) is 1. The monoisotopic (exact) mass is 226 g/mol. The van der Waals surface area contributed by atoms with Gasteiger partial charge in [0.25, 0.3) is 5.09 Å². The zero-order valence-corrected chi connectivity index (χ0v) is 8.01. The molecule has 2 rings (SSSR count). The van der Waals surface area contributed by atoms with E-state index in [1.165, 1.54) is 0 Å². The summed E-state index contributed by atoms with van der Waals surface area (Å²) in [6.07, 6.45) is -1.28. The Morgan fingerprint density at radius 1 is 1.36 bits per heavy atom. The fourth-order valence-electron chi connectivity index (χ4n) is 1.69. The number of ether oxygens (including phenoxy) is 2. The molecule has 2 N–H and O–H groups in total. The molecular weight excluding hydrogens is 216 g/mol. The summed E-state index contributed by atoms with van der Waals surface area (Å²) in [6.45, 7) is 0.539. The molecule has 0 aromatic heterocycles. The van der Waals surface area contributed by atoms with Crippen molar-refractivity contribution in [3.05, 3.63) is 10.1 Å². The Kier molecular flexibility index (Phi) is 3.48. The van der Waals surface area contributed by atoms with E-state index in [9.17, 15) is 10.1 Å².